The SMILES string of the molecule is OCc1cc2cc(O)sc2cc1S. The predicted molar refractivity (Wildman–Crippen MR) is 56.7 cm³/mol. The van der Waals surface area contributed by atoms with E-state index < -0.39 is 0 Å². The summed E-state index contributed by atoms with van der Waals surface area (Å²) in [6.07, 6.45) is 0. The van der Waals surface area contributed by atoms with Gasteiger partial charge in [0, 0.05) is 9.60 Å². The third kappa shape index (κ3) is 1.52. The standard InChI is InChI=1S/C9H8O2S2/c10-4-6-1-5-2-9(11)13-8(5)3-7(6)12/h1-3,10-12H,4H2. The lowest BCUT2D eigenvalue weighted by Crippen LogP contribution is -1.83. The Kier molecular flexibility index (Phi) is 2.19. The van der Waals surface area contributed by atoms with Crippen LogP contribution in [0.15, 0.2) is 23.1 Å². The molecule has 0 spiro atoms. The summed E-state index contributed by atoms with van der Waals surface area (Å²) in [5, 5.41) is 19.5. The first kappa shape index (κ1) is 8.87. The Labute approximate surface area is 84.9 Å². The molecule has 0 aliphatic heterocycles. The lowest BCUT2D eigenvalue weighted by Gasteiger charge is -2.00. The minimum atomic E-state index is -0.0224. The minimum absolute atomic E-state index is 0.0224. The number of aliphatic hydroxyl groups is 1. The van der Waals surface area contributed by atoms with Crippen molar-refractivity contribution in [1.82, 2.24) is 0 Å². The fourth-order valence-electron chi connectivity index (χ4n) is 1.24. The van der Waals surface area contributed by atoms with Gasteiger partial charge in [0.05, 0.1) is 6.61 Å². The Balaban J connectivity index is 2.72. The van der Waals surface area contributed by atoms with Gasteiger partial charge in [-0.05, 0) is 29.1 Å². The smallest absolute Gasteiger partial charge is 0.172 e. The number of hydrogen-bond donors (Lipinski definition) is 3. The fraction of sp³-hybridized carbons (Fsp3) is 0.111. The number of hydrogen-bond acceptors (Lipinski definition) is 4. The van der Waals surface area contributed by atoms with Crippen molar-refractivity contribution in [2.45, 2.75) is 11.5 Å². The Morgan fingerprint density at radius 2 is 2.08 bits per heavy atom. The zero-order valence-electron chi connectivity index (χ0n) is 6.69. The monoisotopic (exact) mass is 212 g/mol. The Morgan fingerprint density at radius 3 is 2.77 bits per heavy atom. The third-order valence-electron chi connectivity index (χ3n) is 1.87. The van der Waals surface area contributed by atoms with Crippen molar-refractivity contribution < 1.29 is 10.2 Å². The van der Waals surface area contributed by atoms with Crippen LogP contribution in [0.4, 0.5) is 0 Å². The van der Waals surface area contributed by atoms with Crippen LogP contribution in [0, 0.1) is 0 Å². The summed E-state index contributed by atoms with van der Waals surface area (Å²) in [5.41, 5.74) is 0.786. The molecule has 0 fully saturated rings. The van der Waals surface area contributed by atoms with Gasteiger partial charge < -0.3 is 10.2 Å². The Hall–Kier alpha value is -0.710. The van der Waals surface area contributed by atoms with Crippen molar-refractivity contribution in [2.24, 2.45) is 0 Å². The molecule has 1 heterocycles. The van der Waals surface area contributed by atoms with Gasteiger partial charge >= 0.3 is 0 Å². The normalized spacial score (nSPS) is 10.9. The number of benzene rings is 1. The summed E-state index contributed by atoms with van der Waals surface area (Å²) >= 11 is 5.54. The van der Waals surface area contributed by atoms with E-state index in [-0.39, 0.29) is 11.7 Å². The first-order chi connectivity index (χ1) is 6.20. The van der Waals surface area contributed by atoms with Gasteiger partial charge in [0.1, 0.15) is 0 Å². The van der Waals surface area contributed by atoms with Gasteiger partial charge in [-0.3, -0.25) is 0 Å². The van der Waals surface area contributed by atoms with Gasteiger partial charge in [-0.1, -0.05) is 11.3 Å². The minimum Gasteiger partial charge on any atom is -0.499 e. The highest BCUT2D eigenvalue weighted by molar-refractivity contribution is 7.80. The molecule has 0 bridgehead atoms. The second kappa shape index (κ2) is 3.21. The molecule has 1 aromatic carbocycles. The molecule has 0 aliphatic carbocycles. The van der Waals surface area contributed by atoms with Crippen LogP contribution in [0.2, 0.25) is 0 Å². The van der Waals surface area contributed by atoms with Gasteiger partial charge in [-0.15, -0.1) is 12.6 Å². The van der Waals surface area contributed by atoms with Gasteiger partial charge in [0.25, 0.3) is 0 Å². The second-order valence-electron chi connectivity index (χ2n) is 2.76. The summed E-state index contributed by atoms with van der Waals surface area (Å²) in [6, 6.07) is 5.38. The van der Waals surface area contributed by atoms with Crippen molar-refractivity contribution >= 4 is 34.1 Å². The van der Waals surface area contributed by atoms with E-state index in [1.807, 2.05) is 12.1 Å². The van der Waals surface area contributed by atoms with Gasteiger partial charge in [0.15, 0.2) is 5.06 Å². The van der Waals surface area contributed by atoms with Crippen LogP contribution >= 0.6 is 24.0 Å². The highest BCUT2D eigenvalue weighted by Gasteiger charge is 2.04. The van der Waals surface area contributed by atoms with Crippen LogP contribution in [0.3, 0.4) is 0 Å². The fourth-order valence-corrected chi connectivity index (χ4v) is 2.41. The number of rotatable bonds is 1. The Bertz CT molecular complexity index is 448. The molecule has 0 unspecified atom stereocenters. The molecule has 2 N–H and O–H groups in total. The van der Waals surface area contributed by atoms with Crippen molar-refractivity contribution in [3.05, 3.63) is 23.8 Å². The number of thiophene rings is 1. The number of aromatic hydroxyl groups is 1. The second-order valence-corrected chi connectivity index (χ2v) is 4.31. The highest BCUT2D eigenvalue weighted by atomic mass is 32.1. The van der Waals surface area contributed by atoms with Crippen molar-refractivity contribution in [2.75, 3.05) is 0 Å². The van der Waals surface area contributed by atoms with Crippen LogP contribution in [-0.2, 0) is 6.61 Å². The molecule has 0 aliphatic rings. The third-order valence-corrected chi connectivity index (χ3v) is 3.19. The van der Waals surface area contributed by atoms with Gasteiger partial charge in [-0.2, -0.15) is 0 Å². The summed E-state index contributed by atoms with van der Waals surface area (Å²) in [4.78, 5) is 0.761. The van der Waals surface area contributed by atoms with Crippen LogP contribution in [-0.4, -0.2) is 10.2 Å². The zero-order valence-corrected chi connectivity index (χ0v) is 8.40. The molecule has 1 aromatic heterocycles. The largest absolute Gasteiger partial charge is 0.499 e. The molecule has 4 heteroatoms. The predicted octanol–water partition coefficient (Wildman–Crippen LogP) is 2.39. The molecular formula is C9H8O2S2. The van der Waals surface area contributed by atoms with E-state index in [1.165, 1.54) is 11.3 Å². The van der Waals surface area contributed by atoms with E-state index >= 15 is 0 Å². The number of aliphatic hydroxyl groups excluding tert-OH is 1. The van der Waals surface area contributed by atoms with Crippen molar-refractivity contribution in [3.63, 3.8) is 0 Å². The molecule has 0 saturated carbocycles. The van der Waals surface area contributed by atoms with Crippen molar-refractivity contribution in [3.8, 4) is 5.06 Å². The van der Waals surface area contributed by atoms with Crippen LogP contribution in [0.25, 0.3) is 10.1 Å². The summed E-state index contributed by atoms with van der Waals surface area (Å²) in [6.45, 7) is -0.0224. The molecule has 2 nitrogen and oxygen atoms in total. The molecule has 68 valence electrons. The van der Waals surface area contributed by atoms with E-state index in [0.29, 0.717) is 0 Å². The van der Waals surface area contributed by atoms with Crippen LogP contribution in [0.1, 0.15) is 5.56 Å². The van der Waals surface area contributed by atoms with E-state index in [1.54, 1.807) is 6.07 Å². The van der Waals surface area contributed by atoms with Crippen LogP contribution < -0.4 is 0 Å². The van der Waals surface area contributed by atoms with Crippen molar-refractivity contribution in [1.29, 1.82) is 0 Å². The van der Waals surface area contributed by atoms with E-state index in [0.717, 1.165) is 20.5 Å². The van der Waals surface area contributed by atoms with Crippen LogP contribution in [0.5, 0.6) is 5.06 Å². The van der Waals surface area contributed by atoms with E-state index in [9.17, 15) is 5.11 Å². The maximum atomic E-state index is 9.24. The maximum Gasteiger partial charge on any atom is 0.172 e. The maximum absolute atomic E-state index is 9.24. The number of fused-ring (bicyclic) bond motifs is 1. The molecule has 2 aromatic rings. The summed E-state index contributed by atoms with van der Waals surface area (Å²) in [7, 11) is 0. The zero-order chi connectivity index (χ0) is 9.42. The molecule has 0 atom stereocenters. The van der Waals surface area contributed by atoms with Gasteiger partial charge in [-0.25, -0.2) is 0 Å². The average Bonchev–Trinajstić information content (AvgIpc) is 2.42. The van der Waals surface area contributed by atoms with E-state index in [4.69, 9.17) is 5.11 Å². The van der Waals surface area contributed by atoms with Gasteiger partial charge in [0.2, 0.25) is 0 Å². The number of thiol groups is 1. The quantitative estimate of drug-likeness (QED) is 0.635. The molecule has 13 heavy (non-hydrogen) atoms. The molecule has 0 radical (unpaired) electrons. The molecule has 2 rings (SSSR count). The first-order valence-electron chi connectivity index (χ1n) is 3.76. The lowest BCUT2D eigenvalue weighted by molar-refractivity contribution is 0.279. The lowest BCUT2D eigenvalue weighted by atomic mass is 10.2. The first-order valence-corrected chi connectivity index (χ1v) is 5.02. The highest BCUT2D eigenvalue weighted by Crippen LogP contribution is 2.33. The average molecular weight is 212 g/mol. The summed E-state index contributed by atoms with van der Waals surface area (Å²) in [5.74, 6) is 0. The van der Waals surface area contributed by atoms with E-state index in [2.05, 4.69) is 12.6 Å². The Morgan fingerprint density at radius 1 is 1.31 bits per heavy atom. The molecular weight excluding hydrogens is 204 g/mol. The molecule has 0 amide bonds. The summed E-state index contributed by atoms with van der Waals surface area (Å²) < 4.78 is 0.986. The molecule has 0 saturated heterocycles. The topological polar surface area (TPSA) is 40.5 Å².